The predicted octanol–water partition coefficient (Wildman–Crippen LogP) is 5.41. The van der Waals surface area contributed by atoms with Crippen LogP contribution in [0, 0.1) is 10.1 Å². The Labute approximate surface area is 183 Å². The van der Waals surface area contributed by atoms with Crippen LogP contribution in [0.25, 0.3) is 0 Å². The number of nitro benzene ring substituents is 1. The summed E-state index contributed by atoms with van der Waals surface area (Å²) in [4.78, 5) is 13.4. The van der Waals surface area contributed by atoms with Crippen molar-refractivity contribution in [2.24, 2.45) is 0 Å². The summed E-state index contributed by atoms with van der Waals surface area (Å²) < 4.78 is 0. The normalized spacial score (nSPS) is 20.0. The van der Waals surface area contributed by atoms with E-state index in [4.69, 9.17) is 0 Å². The van der Waals surface area contributed by atoms with Crippen molar-refractivity contribution in [3.8, 4) is 0 Å². The maximum atomic E-state index is 11.5. The van der Waals surface area contributed by atoms with E-state index < -0.39 is 5.60 Å². The molecule has 1 heterocycles. The molecule has 160 valence electrons. The molecule has 0 saturated carbocycles. The first-order valence-electron chi connectivity index (χ1n) is 10.7. The molecule has 4 rings (SSSR count). The molecule has 3 aromatic carbocycles. The van der Waals surface area contributed by atoms with Crippen LogP contribution in [-0.2, 0) is 11.0 Å². The first-order chi connectivity index (χ1) is 14.8. The van der Waals surface area contributed by atoms with E-state index in [0.29, 0.717) is 13.0 Å². The maximum absolute atomic E-state index is 11.5. The molecule has 0 amide bonds. The van der Waals surface area contributed by atoms with Crippen molar-refractivity contribution < 1.29 is 10.0 Å². The summed E-state index contributed by atoms with van der Waals surface area (Å²) in [5, 5.41) is 22.5. The number of benzene rings is 3. The standard InChI is InChI=1S/C26H28N2O3/c1-25(20-9-5-3-6-10-20)15-17-27(24-14-13-22(28(30)31)19-23(24)25)18-16-26(2,29)21-11-7-4-8-12-21/h3-14,19,29H,15-18H2,1-2H3. The fourth-order valence-electron chi connectivity index (χ4n) is 4.60. The van der Waals surface area contributed by atoms with Gasteiger partial charge in [0.15, 0.2) is 0 Å². The third-order valence-corrected chi connectivity index (χ3v) is 6.68. The van der Waals surface area contributed by atoms with Gasteiger partial charge in [-0.3, -0.25) is 10.1 Å². The van der Waals surface area contributed by atoms with E-state index in [1.807, 2.05) is 61.5 Å². The maximum Gasteiger partial charge on any atom is 0.269 e. The molecule has 0 saturated heterocycles. The Balaban J connectivity index is 1.67. The molecule has 5 nitrogen and oxygen atoms in total. The van der Waals surface area contributed by atoms with Gasteiger partial charge in [0.05, 0.1) is 10.5 Å². The second kappa shape index (κ2) is 8.16. The number of aliphatic hydroxyl groups is 1. The quantitative estimate of drug-likeness (QED) is 0.431. The number of fused-ring (bicyclic) bond motifs is 1. The molecule has 0 bridgehead atoms. The molecule has 2 atom stereocenters. The summed E-state index contributed by atoms with van der Waals surface area (Å²) in [5.74, 6) is 0. The Kier molecular flexibility index (Phi) is 5.54. The highest BCUT2D eigenvalue weighted by Gasteiger charge is 2.38. The number of anilines is 1. The predicted molar refractivity (Wildman–Crippen MR) is 123 cm³/mol. The Hall–Kier alpha value is -3.18. The Morgan fingerprint density at radius 3 is 2.35 bits per heavy atom. The van der Waals surface area contributed by atoms with Gasteiger partial charge in [-0.05, 0) is 42.5 Å². The lowest BCUT2D eigenvalue weighted by molar-refractivity contribution is -0.384. The van der Waals surface area contributed by atoms with Crippen LogP contribution in [-0.4, -0.2) is 23.1 Å². The topological polar surface area (TPSA) is 66.6 Å². The van der Waals surface area contributed by atoms with Crippen molar-refractivity contribution in [2.75, 3.05) is 18.0 Å². The van der Waals surface area contributed by atoms with Crippen LogP contribution in [0.5, 0.6) is 0 Å². The van der Waals surface area contributed by atoms with Gasteiger partial charge in [-0.25, -0.2) is 0 Å². The van der Waals surface area contributed by atoms with Gasteiger partial charge in [-0.2, -0.15) is 0 Å². The van der Waals surface area contributed by atoms with Gasteiger partial charge in [-0.15, -0.1) is 0 Å². The van der Waals surface area contributed by atoms with Crippen molar-refractivity contribution in [1.82, 2.24) is 0 Å². The third kappa shape index (κ3) is 4.06. The summed E-state index contributed by atoms with van der Waals surface area (Å²) in [6.07, 6.45) is 1.41. The zero-order chi connectivity index (χ0) is 22.1. The second-order valence-electron chi connectivity index (χ2n) is 8.78. The molecular formula is C26H28N2O3. The number of nitro groups is 1. The Bertz CT molecular complexity index is 1070. The number of hydrogen-bond donors (Lipinski definition) is 1. The first kappa shape index (κ1) is 21.1. The highest BCUT2D eigenvalue weighted by Crippen LogP contribution is 2.46. The molecule has 0 aromatic heterocycles. The third-order valence-electron chi connectivity index (χ3n) is 6.68. The van der Waals surface area contributed by atoms with E-state index in [2.05, 4.69) is 24.0 Å². The second-order valence-corrected chi connectivity index (χ2v) is 8.78. The fraction of sp³-hybridized carbons (Fsp3) is 0.308. The minimum absolute atomic E-state index is 0.110. The van der Waals surface area contributed by atoms with E-state index in [9.17, 15) is 15.2 Å². The molecule has 0 aliphatic carbocycles. The Morgan fingerprint density at radius 2 is 1.71 bits per heavy atom. The van der Waals surface area contributed by atoms with Crippen LogP contribution in [0.4, 0.5) is 11.4 Å². The summed E-state index contributed by atoms with van der Waals surface area (Å²) in [7, 11) is 0. The molecular weight excluding hydrogens is 388 g/mol. The van der Waals surface area contributed by atoms with Crippen molar-refractivity contribution in [3.63, 3.8) is 0 Å². The van der Waals surface area contributed by atoms with E-state index >= 15 is 0 Å². The zero-order valence-electron chi connectivity index (χ0n) is 18.0. The number of rotatable bonds is 6. The molecule has 0 spiro atoms. The van der Waals surface area contributed by atoms with Crippen LogP contribution in [0.15, 0.2) is 78.9 Å². The summed E-state index contributed by atoms with van der Waals surface area (Å²) in [6, 6.07) is 25.1. The van der Waals surface area contributed by atoms with Crippen LogP contribution in [0.2, 0.25) is 0 Å². The van der Waals surface area contributed by atoms with E-state index in [-0.39, 0.29) is 16.0 Å². The van der Waals surface area contributed by atoms with E-state index in [1.54, 1.807) is 12.1 Å². The molecule has 5 heteroatoms. The first-order valence-corrected chi connectivity index (χ1v) is 10.7. The molecule has 2 unspecified atom stereocenters. The largest absolute Gasteiger partial charge is 0.385 e. The lowest BCUT2D eigenvalue weighted by Crippen LogP contribution is -2.41. The average molecular weight is 417 g/mol. The van der Waals surface area contributed by atoms with Crippen LogP contribution < -0.4 is 4.90 Å². The lowest BCUT2D eigenvalue weighted by Gasteiger charge is -2.43. The van der Waals surface area contributed by atoms with Crippen LogP contribution >= 0.6 is 0 Å². The SMILES string of the molecule is CC(O)(CCN1CCC(C)(c2ccccc2)c2cc([N+](=O)[O-])ccc21)c1ccccc1. The molecule has 1 aliphatic rings. The van der Waals surface area contributed by atoms with Crippen molar-refractivity contribution in [2.45, 2.75) is 37.7 Å². The molecule has 0 radical (unpaired) electrons. The van der Waals surface area contributed by atoms with Gasteiger partial charge in [0.2, 0.25) is 0 Å². The van der Waals surface area contributed by atoms with Crippen LogP contribution in [0.1, 0.15) is 43.4 Å². The van der Waals surface area contributed by atoms with Gasteiger partial charge < -0.3 is 10.0 Å². The molecule has 1 N–H and O–H groups in total. The minimum atomic E-state index is -0.942. The number of non-ortho nitro benzene ring substituents is 1. The zero-order valence-corrected chi connectivity index (χ0v) is 18.0. The van der Waals surface area contributed by atoms with Gasteiger partial charge in [-0.1, -0.05) is 67.6 Å². The minimum Gasteiger partial charge on any atom is -0.385 e. The lowest BCUT2D eigenvalue weighted by atomic mass is 9.70. The van der Waals surface area contributed by atoms with Gasteiger partial charge in [0.1, 0.15) is 0 Å². The van der Waals surface area contributed by atoms with Gasteiger partial charge >= 0.3 is 0 Å². The molecule has 31 heavy (non-hydrogen) atoms. The highest BCUT2D eigenvalue weighted by molar-refractivity contribution is 5.65. The average Bonchev–Trinajstić information content (AvgIpc) is 2.79. The van der Waals surface area contributed by atoms with Crippen molar-refractivity contribution >= 4 is 11.4 Å². The van der Waals surface area contributed by atoms with Crippen molar-refractivity contribution in [3.05, 3.63) is 106 Å². The molecule has 3 aromatic rings. The monoisotopic (exact) mass is 416 g/mol. The van der Waals surface area contributed by atoms with E-state index in [0.717, 1.165) is 35.3 Å². The van der Waals surface area contributed by atoms with E-state index in [1.165, 1.54) is 0 Å². The summed E-state index contributed by atoms with van der Waals surface area (Å²) in [6.45, 7) is 5.50. The van der Waals surface area contributed by atoms with Crippen molar-refractivity contribution in [1.29, 1.82) is 0 Å². The smallest absolute Gasteiger partial charge is 0.269 e. The Morgan fingerprint density at radius 1 is 1.06 bits per heavy atom. The fourth-order valence-corrected chi connectivity index (χ4v) is 4.60. The molecule has 1 aliphatic heterocycles. The summed E-state index contributed by atoms with van der Waals surface area (Å²) >= 11 is 0. The highest BCUT2D eigenvalue weighted by atomic mass is 16.6. The van der Waals surface area contributed by atoms with Crippen LogP contribution in [0.3, 0.4) is 0 Å². The number of hydrogen-bond acceptors (Lipinski definition) is 4. The molecule has 0 fully saturated rings. The van der Waals surface area contributed by atoms with Gasteiger partial charge in [0.25, 0.3) is 5.69 Å². The van der Waals surface area contributed by atoms with Gasteiger partial charge in [0, 0.05) is 36.3 Å². The summed E-state index contributed by atoms with van der Waals surface area (Å²) in [5.41, 5.74) is 2.89. The number of nitrogens with zero attached hydrogens (tertiary/aromatic N) is 2.